The largest absolute Gasteiger partial charge is 0.495 e. The molecule has 25 heavy (non-hydrogen) atoms. The number of para-hydroxylation sites is 2. The molecule has 0 atom stereocenters. The number of hydrogen-bond donors (Lipinski definition) is 1. The van der Waals surface area contributed by atoms with E-state index in [-0.39, 0.29) is 11.7 Å². The average molecular weight is 346 g/mol. The monoisotopic (exact) mass is 346 g/mol. The number of hydrogen-bond acceptors (Lipinski definition) is 4. The predicted molar refractivity (Wildman–Crippen MR) is 95.6 cm³/mol. The molecule has 134 valence electrons. The molecule has 1 N–H and O–H groups in total. The second kappa shape index (κ2) is 9.64. The van der Waals surface area contributed by atoms with Crippen molar-refractivity contribution in [2.45, 2.75) is 6.42 Å². The van der Waals surface area contributed by atoms with Gasteiger partial charge in [-0.15, -0.1) is 0 Å². The van der Waals surface area contributed by atoms with Gasteiger partial charge < -0.3 is 19.7 Å². The number of methoxy groups -OCH3 is 1. The zero-order valence-corrected chi connectivity index (χ0v) is 14.5. The lowest BCUT2D eigenvalue weighted by Gasteiger charge is -2.17. The van der Waals surface area contributed by atoms with E-state index in [1.807, 2.05) is 24.1 Å². The second-order valence-electron chi connectivity index (χ2n) is 5.60. The molecule has 0 aliphatic heterocycles. The third kappa shape index (κ3) is 6.43. The van der Waals surface area contributed by atoms with Crippen LogP contribution in [-0.2, 0) is 4.79 Å². The first kappa shape index (κ1) is 18.7. The highest BCUT2D eigenvalue weighted by Gasteiger charge is 2.08. The van der Waals surface area contributed by atoms with Gasteiger partial charge in [-0.1, -0.05) is 12.1 Å². The SMILES string of the molecule is COc1ccccc1NC(=O)CCN(C)CCOc1ccc(F)cc1. The Kier molecular flexibility index (Phi) is 7.22. The van der Waals surface area contributed by atoms with E-state index in [9.17, 15) is 9.18 Å². The molecule has 0 spiro atoms. The van der Waals surface area contributed by atoms with Crippen molar-refractivity contribution in [3.05, 3.63) is 54.3 Å². The molecule has 0 aromatic heterocycles. The van der Waals surface area contributed by atoms with Crippen LogP contribution in [0.2, 0.25) is 0 Å². The van der Waals surface area contributed by atoms with Gasteiger partial charge in [0.1, 0.15) is 23.9 Å². The summed E-state index contributed by atoms with van der Waals surface area (Å²) in [7, 11) is 3.49. The van der Waals surface area contributed by atoms with E-state index >= 15 is 0 Å². The summed E-state index contributed by atoms with van der Waals surface area (Å²) in [6.07, 6.45) is 0.366. The van der Waals surface area contributed by atoms with Crippen LogP contribution in [0.1, 0.15) is 6.42 Å². The number of rotatable bonds is 9. The number of amides is 1. The van der Waals surface area contributed by atoms with Crippen LogP contribution >= 0.6 is 0 Å². The molecule has 0 aliphatic carbocycles. The molecule has 0 saturated carbocycles. The van der Waals surface area contributed by atoms with E-state index in [2.05, 4.69) is 5.32 Å². The Morgan fingerprint density at radius 1 is 1.12 bits per heavy atom. The number of halogens is 1. The average Bonchev–Trinajstić information content (AvgIpc) is 2.62. The molecule has 6 heteroatoms. The van der Waals surface area contributed by atoms with Crippen LogP contribution in [0.15, 0.2) is 48.5 Å². The van der Waals surface area contributed by atoms with Gasteiger partial charge in [0.05, 0.1) is 12.8 Å². The maximum absolute atomic E-state index is 12.8. The molecule has 0 bridgehead atoms. The topological polar surface area (TPSA) is 50.8 Å². The Morgan fingerprint density at radius 2 is 1.84 bits per heavy atom. The standard InChI is InChI=1S/C19H23FN2O3/c1-22(13-14-25-16-9-7-15(20)8-10-16)12-11-19(23)21-17-5-3-4-6-18(17)24-2/h3-10H,11-14H2,1-2H3,(H,21,23). The third-order valence-corrected chi connectivity index (χ3v) is 3.66. The van der Waals surface area contributed by atoms with E-state index in [4.69, 9.17) is 9.47 Å². The first-order valence-corrected chi connectivity index (χ1v) is 8.08. The van der Waals surface area contributed by atoms with Crippen molar-refractivity contribution in [3.8, 4) is 11.5 Å². The van der Waals surface area contributed by atoms with Crippen LogP contribution in [0.4, 0.5) is 10.1 Å². The lowest BCUT2D eigenvalue weighted by Crippen LogP contribution is -2.28. The van der Waals surface area contributed by atoms with Crippen LogP contribution in [0.25, 0.3) is 0 Å². The summed E-state index contributed by atoms with van der Waals surface area (Å²) in [6.45, 7) is 1.74. The van der Waals surface area contributed by atoms with Gasteiger partial charge >= 0.3 is 0 Å². The van der Waals surface area contributed by atoms with E-state index in [0.717, 1.165) is 0 Å². The van der Waals surface area contributed by atoms with Crippen LogP contribution in [0.3, 0.4) is 0 Å². The quantitative estimate of drug-likeness (QED) is 0.758. The third-order valence-electron chi connectivity index (χ3n) is 3.66. The van der Waals surface area contributed by atoms with Crippen molar-refractivity contribution in [1.29, 1.82) is 0 Å². The first-order valence-electron chi connectivity index (χ1n) is 8.08. The van der Waals surface area contributed by atoms with Gasteiger partial charge in [-0.05, 0) is 43.4 Å². The smallest absolute Gasteiger partial charge is 0.225 e. The zero-order chi connectivity index (χ0) is 18.1. The van der Waals surface area contributed by atoms with E-state index in [1.165, 1.54) is 12.1 Å². The normalized spacial score (nSPS) is 10.6. The zero-order valence-electron chi connectivity index (χ0n) is 14.5. The summed E-state index contributed by atoms with van der Waals surface area (Å²) in [4.78, 5) is 14.1. The summed E-state index contributed by atoms with van der Waals surface area (Å²) in [5.41, 5.74) is 0.664. The fraction of sp³-hybridized carbons (Fsp3) is 0.316. The minimum atomic E-state index is -0.287. The molecule has 0 unspecified atom stereocenters. The van der Waals surface area contributed by atoms with Crippen molar-refractivity contribution in [2.75, 3.05) is 39.2 Å². The second-order valence-corrected chi connectivity index (χ2v) is 5.60. The van der Waals surface area contributed by atoms with Gasteiger partial charge in [0, 0.05) is 19.5 Å². The molecule has 5 nitrogen and oxygen atoms in total. The van der Waals surface area contributed by atoms with Crippen molar-refractivity contribution < 1.29 is 18.7 Å². The van der Waals surface area contributed by atoms with E-state index in [1.54, 1.807) is 31.4 Å². The number of carbonyl (C=O) groups excluding carboxylic acids is 1. The molecule has 1 amide bonds. The summed E-state index contributed by atoms with van der Waals surface area (Å²) in [5, 5.41) is 2.85. The fourth-order valence-electron chi connectivity index (χ4n) is 2.21. The van der Waals surface area contributed by atoms with Crippen LogP contribution < -0.4 is 14.8 Å². The predicted octanol–water partition coefficient (Wildman–Crippen LogP) is 3.17. The summed E-state index contributed by atoms with van der Waals surface area (Å²) < 4.78 is 23.6. The molecule has 0 fully saturated rings. The molecule has 0 aliphatic rings. The fourth-order valence-corrected chi connectivity index (χ4v) is 2.21. The highest BCUT2D eigenvalue weighted by Crippen LogP contribution is 2.23. The summed E-state index contributed by atoms with van der Waals surface area (Å²) in [6, 6.07) is 13.2. The van der Waals surface area contributed by atoms with Gasteiger partial charge in [-0.25, -0.2) is 4.39 Å². The Bertz CT molecular complexity index is 677. The minimum Gasteiger partial charge on any atom is -0.495 e. The van der Waals surface area contributed by atoms with Crippen molar-refractivity contribution in [2.24, 2.45) is 0 Å². The van der Waals surface area contributed by atoms with Gasteiger partial charge in [-0.2, -0.15) is 0 Å². The minimum absolute atomic E-state index is 0.0733. The molecule has 2 aromatic rings. The lowest BCUT2D eigenvalue weighted by atomic mass is 10.2. The summed E-state index contributed by atoms with van der Waals surface area (Å²) in [5.74, 6) is 0.905. The number of likely N-dealkylation sites (N-methyl/N-ethyl adjacent to an activating group) is 1. The summed E-state index contributed by atoms with van der Waals surface area (Å²) >= 11 is 0. The Labute approximate surface area is 147 Å². The van der Waals surface area contributed by atoms with Crippen molar-refractivity contribution in [1.82, 2.24) is 4.90 Å². The number of ether oxygens (including phenoxy) is 2. The number of benzene rings is 2. The number of carbonyl (C=O) groups is 1. The van der Waals surface area contributed by atoms with E-state index < -0.39 is 0 Å². The molecule has 0 radical (unpaired) electrons. The van der Waals surface area contributed by atoms with Crippen LogP contribution in [-0.4, -0.2) is 44.7 Å². The highest BCUT2D eigenvalue weighted by atomic mass is 19.1. The first-order chi connectivity index (χ1) is 12.1. The maximum atomic E-state index is 12.8. The number of nitrogens with zero attached hydrogens (tertiary/aromatic N) is 1. The van der Waals surface area contributed by atoms with Gasteiger partial charge in [-0.3, -0.25) is 4.79 Å². The Hall–Kier alpha value is -2.60. The molecule has 0 saturated heterocycles. The van der Waals surface area contributed by atoms with Crippen molar-refractivity contribution in [3.63, 3.8) is 0 Å². The number of nitrogens with one attached hydrogen (secondary N) is 1. The van der Waals surface area contributed by atoms with E-state index in [0.29, 0.717) is 43.3 Å². The Balaban J connectivity index is 1.67. The molecule has 0 heterocycles. The molecular formula is C19H23FN2O3. The lowest BCUT2D eigenvalue weighted by molar-refractivity contribution is -0.116. The number of anilines is 1. The van der Waals surface area contributed by atoms with Gasteiger partial charge in [0.25, 0.3) is 0 Å². The van der Waals surface area contributed by atoms with Crippen LogP contribution in [0, 0.1) is 5.82 Å². The Morgan fingerprint density at radius 3 is 2.56 bits per heavy atom. The van der Waals surface area contributed by atoms with Crippen LogP contribution in [0.5, 0.6) is 11.5 Å². The van der Waals surface area contributed by atoms with Gasteiger partial charge in [0.2, 0.25) is 5.91 Å². The molecule has 2 aromatic carbocycles. The molecular weight excluding hydrogens is 323 g/mol. The maximum Gasteiger partial charge on any atom is 0.225 e. The van der Waals surface area contributed by atoms with Gasteiger partial charge in [0.15, 0.2) is 0 Å². The van der Waals surface area contributed by atoms with Crippen molar-refractivity contribution >= 4 is 11.6 Å². The highest BCUT2D eigenvalue weighted by molar-refractivity contribution is 5.92. The molecule has 2 rings (SSSR count).